The van der Waals surface area contributed by atoms with Crippen molar-refractivity contribution in [2.45, 2.75) is 62.5 Å². The average Bonchev–Trinajstić information content (AvgIpc) is 3.01. The lowest BCUT2D eigenvalue weighted by Crippen LogP contribution is -2.31. The van der Waals surface area contributed by atoms with Gasteiger partial charge in [-0.25, -0.2) is 0 Å². The molecule has 0 radical (unpaired) electrons. The summed E-state index contributed by atoms with van der Waals surface area (Å²) in [6.07, 6.45) is 8.29. The molecule has 0 unspecified atom stereocenters. The van der Waals surface area contributed by atoms with Gasteiger partial charge >= 0.3 is 0 Å². The summed E-state index contributed by atoms with van der Waals surface area (Å²) in [5.74, 6) is 0.636. The Labute approximate surface area is 153 Å². The molecular weight excluding hydrogens is 340 g/mol. The maximum atomic E-state index is 12.2. The van der Waals surface area contributed by atoms with Gasteiger partial charge in [0, 0.05) is 13.1 Å². The number of rotatable bonds is 9. The minimum atomic E-state index is -0.156. The van der Waals surface area contributed by atoms with Gasteiger partial charge in [-0.05, 0) is 44.9 Å². The van der Waals surface area contributed by atoms with Crippen LogP contribution in [0.3, 0.4) is 0 Å². The van der Waals surface area contributed by atoms with E-state index in [4.69, 9.17) is 0 Å². The van der Waals surface area contributed by atoms with E-state index in [9.17, 15) is 4.79 Å². The number of hydrogen-bond donors (Lipinski definition) is 2. The number of amides is 1. The van der Waals surface area contributed by atoms with Crippen molar-refractivity contribution in [1.29, 1.82) is 0 Å². The van der Waals surface area contributed by atoms with Crippen LogP contribution in [0, 0.1) is 5.92 Å². The first-order valence-electron chi connectivity index (χ1n) is 8.74. The molecule has 0 spiro atoms. The maximum Gasteiger partial charge on any atom is 0.233 e. The smallest absolute Gasteiger partial charge is 0.233 e. The highest BCUT2D eigenvalue weighted by molar-refractivity contribution is 8.02. The van der Waals surface area contributed by atoms with E-state index >= 15 is 0 Å². The molecule has 1 heterocycles. The summed E-state index contributed by atoms with van der Waals surface area (Å²) in [6.45, 7) is 7.83. The predicted octanol–water partition coefficient (Wildman–Crippen LogP) is 4.09. The van der Waals surface area contributed by atoms with E-state index in [1.807, 2.05) is 6.92 Å². The van der Waals surface area contributed by atoms with Gasteiger partial charge in [-0.2, -0.15) is 0 Å². The molecule has 0 bridgehead atoms. The molecule has 0 fully saturated rings. The minimum Gasteiger partial charge on any atom is -0.360 e. The van der Waals surface area contributed by atoms with Gasteiger partial charge in [0.25, 0.3) is 0 Å². The van der Waals surface area contributed by atoms with Crippen LogP contribution in [0.5, 0.6) is 0 Å². The minimum absolute atomic E-state index is 0.0725. The zero-order valence-corrected chi connectivity index (χ0v) is 16.4. The van der Waals surface area contributed by atoms with E-state index in [2.05, 4.69) is 40.8 Å². The molecule has 1 aromatic rings. The number of nitrogens with zero attached hydrogens (tertiary/aromatic N) is 2. The highest BCUT2D eigenvalue weighted by Crippen LogP contribution is 2.29. The normalized spacial score (nSPS) is 15.9. The first-order valence-corrected chi connectivity index (χ1v) is 10.4. The second-order valence-electron chi connectivity index (χ2n) is 6.56. The summed E-state index contributed by atoms with van der Waals surface area (Å²) in [5, 5.41) is 15.2. The van der Waals surface area contributed by atoms with Crippen LogP contribution in [-0.2, 0) is 4.79 Å². The number of aromatic nitrogens is 2. The highest BCUT2D eigenvalue weighted by Gasteiger charge is 2.17. The van der Waals surface area contributed by atoms with Crippen molar-refractivity contribution in [2.75, 3.05) is 18.4 Å². The molecule has 0 saturated carbocycles. The SMILES string of the molecule is CC(C)CNc1nnc(S[C@H](C)C(=O)NCCC2=CCCCC2)s1. The fourth-order valence-electron chi connectivity index (χ4n) is 2.45. The molecule has 24 heavy (non-hydrogen) atoms. The molecule has 1 aromatic heterocycles. The van der Waals surface area contributed by atoms with Crippen molar-refractivity contribution >= 4 is 34.1 Å². The topological polar surface area (TPSA) is 66.9 Å². The number of nitrogens with one attached hydrogen (secondary N) is 2. The summed E-state index contributed by atoms with van der Waals surface area (Å²) in [5.41, 5.74) is 1.49. The summed E-state index contributed by atoms with van der Waals surface area (Å²) in [6, 6.07) is 0. The van der Waals surface area contributed by atoms with Gasteiger partial charge in [0.1, 0.15) is 0 Å². The third kappa shape index (κ3) is 6.81. The van der Waals surface area contributed by atoms with Gasteiger partial charge in [0.2, 0.25) is 11.0 Å². The second kappa shape index (κ2) is 10.0. The van der Waals surface area contributed by atoms with Crippen LogP contribution < -0.4 is 10.6 Å². The highest BCUT2D eigenvalue weighted by atomic mass is 32.2. The van der Waals surface area contributed by atoms with E-state index in [-0.39, 0.29) is 11.2 Å². The molecular formula is C17H28N4OS2. The third-order valence-electron chi connectivity index (χ3n) is 3.85. The first kappa shape index (κ1) is 19.2. The van der Waals surface area contributed by atoms with E-state index in [1.165, 1.54) is 54.4 Å². The summed E-state index contributed by atoms with van der Waals surface area (Å²) >= 11 is 2.98. The van der Waals surface area contributed by atoms with Crippen molar-refractivity contribution in [1.82, 2.24) is 15.5 Å². The molecule has 0 aliphatic heterocycles. The molecule has 134 valence electrons. The molecule has 1 aliphatic rings. The fourth-order valence-corrected chi connectivity index (χ4v) is 4.37. The third-order valence-corrected chi connectivity index (χ3v) is 5.91. The molecule has 1 atom stereocenters. The molecule has 5 nitrogen and oxygen atoms in total. The molecule has 1 amide bonds. The van der Waals surface area contributed by atoms with Crippen LogP contribution in [0.15, 0.2) is 16.0 Å². The van der Waals surface area contributed by atoms with Crippen LogP contribution >= 0.6 is 23.1 Å². The van der Waals surface area contributed by atoms with Crippen molar-refractivity contribution < 1.29 is 4.79 Å². The van der Waals surface area contributed by atoms with Gasteiger partial charge in [-0.1, -0.05) is 48.6 Å². The van der Waals surface area contributed by atoms with Crippen molar-refractivity contribution in [2.24, 2.45) is 5.92 Å². The Morgan fingerprint density at radius 2 is 2.17 bits per heavy atom. The molecule has 1 aliphatic carbocycles. The van der Waals surface area contributed by atoms with Gasteiger partial charge in [-0.15, -0.1) is 10.2 Å². The lowest BCUT2D eigenvalue weighted by molar-refractivity contribution is -0.120. The Kier molecular flexibility index (Phi) is 8.05. The van der Waals surface area contributed by atoms with Crippen molar-refractivity contribution in [3.63, 3.8) is 0 Å². The standard InChI is InChI=1S/C17H28N4OS2/c1-12(2)11-19-16-20-21-17(24-16)23-13(3)15(22)18-10-9-14-7-5-4-6-8-14/h7,12-13H,4-6,8-11H2,1-3H3,(H,18,22)(H,19,20)/t13-/m1/s1. The van der Waals surface area contributed by atoms with Crippen LogP contribution in [0.2, 0.25) is 0 Å². The second-order valence-corrected chi connectivity index (χ2v) is 9.12. The molecule has 2 N–H and O–H groups in total. The Morgan fingerprint density at radius 1 is 1.33 bits per heavy atom. The van der Waals surface area contributed by atoms with E-state index in [1.54, 1.807) is 0 Å². The van der Waals surface area contributed by atoms with Gasteiger partial charge in [0.15, 0.2) is 4.34 Å². The Balaban J connectivity index is 1.70. The van der Waals surface area contributed by atoms with Crippen molar-refractivity contribution in [3.8, 4) is 0 Å². The number of anilines is 1. The molecule has 7 heteroatoms. The summed E-state index contributed by atoms with van der Waals surface area (Å²) in [4.78, 5) is 12.2. The lowest BCUT2D eigenvalue weighted by atomic mass is 9.97. The number of hydrogen-bond acceptors (Lipinski definition) is 6. The Morgan fingerprint density at radius 3 is 2.88 bits per heavy atom. The van der Waals surface area contributed by atoms with Crippen LogP contribution in [0.1, 0.15) is 52.9 Å². The zero-order valence-electron chi connectivity index (χ0n) is 14.8. The van der Waals surface area contributed by atoms with E-state index < -0.39 is 0 Å². The molecule has 0 saturated heterocycles. The molecule has 2 rings (SSSR count). The maximum absolute atomic E-state index is 12.2. The number of carbonyl (C=O) groups excluding carboxylic acids is 1. The van der Waals surface area contributed by atoms with Gasteiger partial charge < -0.3 is 10.6 Å². The number of thioether (sulfide) groups is 1. The van der Waals surface area contributed by atoms with Gasteiger partial charge in [-0.3, -0.25) is 4.79 Å². The van der Waals surface area contributed by atoms with Crippen LogP contribution in [-0.4, -0.2) is 34.4 Å². The van der Waals surface area contributed by atoms with Gasteiger partial charge in [0.05, 0.1) is 5.25 Å². The Bertz CT molecular complexity index is 557. The van der Waals surface area contributed by atoms with Crippen molar-refractivity contribution in [3.05, 3.63) is 11.6 Å². The predicted molar refractivity (Wildman–Crippen MR) is 103 cm³/mol. The summed E-state index contributed by atoms with van der Waals surface area (Å²) in [7, 11) is 0. The largest absolute Gasteiger partial charge is 0.360 e. The molecule has 0 aromatic carbocycles. The first-order chi connectivity index (χ1) is 11.5. The van der Waals surface area contributed by atoms with E-state index in [0.29, 0.717) is 5.92 Å². The Hall–Kier alpha value is -1.08. The number of allylic oxidation sites excluding steroid dienone is 1. The zero-order chi connectivity index (χ0) is 17.4. The fraction of sp³-hybridized carbons (Fsp3) is 0.706. The number of carbonyl (C=O) groups is 1. The quantitative estimate of drug-likeness (QED) is 0.507. The van der Waals surface area contributed by atoms with Crippen LogP contribution in [0.4, 0.5) is 5.13 Å². The monoisotopic (exact) mass is 368 g/mol. The average molecular weight is 369 g/mol. The lowest BCUT2D eigenvalue weighted by Gasteiger charge is -2.14. The van der Waals surface area contributed by atoms with E-state index in [0.717, 1.165) is 29.0 Å². The van der Waals surface area contributed by atoms with Crippen LogP contribution in [0.25, 0.3) is 0 Å². The summed E-state index contributed by atoms with van der Waals surface area (Å²) < 4.78 is 0.832.